The molecular weight excluding hydrogens is 947 g/mol. The summed E-state index contributed by atoms with van der Waals surface area (Å²) in [6, 6.07) is 0. The van der Waals surface area contributed by atoms with Crippen LogP contribution in [0.3, 0.4) is 0 Å². The summed E-state index contributed by atoms with van der Waals surface area (Å²) in [7, 11) is 5.98. The van der Waals surface area contributed by atoms with Gasteiger partial charge in [0.2, 0.25) is 0 Å². The first-order valence-electron chi connectivity index (χ1n) is 33.4. The molecule has 0 amide bonds. The molecule has 0 rings (SSSR count). The van der Waals surface area contributed by atoms with E-state index in [4.69, 9.17) is 18.9 Å². The number of carbonyl (C=O) groups is 3. The number of hydrogen-bond acceptors (Lipinski definition) is 7. The molecule has 0 fully saturated rings. The van der Waals surface area contributed by atoms with Crippen molar-refractivity contribution in [2.75, 3.05) is 47.5 Å². The second kappa shape index (κ2) is 59.2. The zero-order chi connectivity index (χ0) is 55.5. The van der Waals surface area contributed by atoms with Gasteiger partial charge in [-0.1, -0.05) is 302 Å². The van der Waals surface area contributed by atoms with E-state index in [1.54, 1.807) is 0 Å². The fourth-order valence-electron chi connectivity index (χ4n) is 10.1. The predicted molar refractivity (Wildman–Crippen MR) is 323 cm³/mol. The Balaban J connectivity index is 3.90. The highest BCUT2D eigenvalue weighted by Crippen LogP contribution is 2.19. The molecule has 0 saturated heterocycles. The molecule has 9 nitrogen and oxygen atoms in total. The molecule has 1 N–H and O–H groups in total. The number of carboxylic acids is 1. The van der Waals surface area contributed by atoms with E-state index in [0.29, 0.717) is 23.9 Å². The molecule has 0 aliphatic carbocycles. The number of rotatable bonds is 63. The molecule has 0 aromatic rings. The van der Waals surface area contributed by atoms with Crippen molar-refractivity contribution in [3.8, 4) is 0 Å². The summed E-state index contributed by atoms with van der Waals surface area (Å²) in [6.45, 7) is 4.91. The third-order valence-electron chi connectivity index (χ3n) is 15.3. The number of carboxylic acid groups (broad SMARTS) is 1. The molecule has 2 unspecified atom stereocenters. The largest absolute Gasteiger partial charge is 0.477 e. The number of nitrogens with zero attached hydrogens (tertiary/aromatic N) is 1. The summed E-state index contributed by atoms with van der Waals surface area (Å²) in [5.41, 5.74) is 0. The van der Waals surface area contributed by atoms with Crippen LogP contribution in [0.2, 0.25) is 0 Å². The molecular formula is C67H130NO8+. The van der Waals surface area contributed by atoms with Gasteiger partial charge >= 0.3 is 17.9 Å². The molecule has 450 valence electrons. The lowest BCUT2D eigenvalue weighted by atomic mass is 10.0. The normalized spacial score (nSPS) is 12.7. The van der Waals surface area contributed by atoms with Gasteiger partial charge in [-0.2, -0.15) is 0 Å². The Labute approximate surface area is 472 Å². The van der Waals surface area contributed by atoms with Gasteiger partial charge in [0.25, 0.3) is 6.29 Å². The number of carbonyl (C=O) groups excluding carboxylic acids is 2. The van der Waals surface area contributed by atoms with E-state index < -0.39 is 24.3 Å². The number of aliphatic carboxylic acids is 1. The van der Waals surface area contributed by atoms with Crippen LogP contribution in [0.15, 0.2) is 12.2 Å². The highest BCUT2D eigenvalue weighted by molar-refractivity contribution is 5.71. The minimum absolute atomic E-state index is 0.179. The Kier molecular flexibility index (Phi) is 57.6. The van der Waals surface area contributed by atoms with Crippen LogP contribution >= 0.6 is 0 Å². The van der Waals surface area contributed by atoms with Gasteiger partial charge in [0.15, 0.2) is 6.10 Å². The van der Waals surface area contributed by atoms with Crippen molar-refractivity contribution in [3.05, 3.63) is 12.2 Å². The molecule has 9 heteroatoms. The summed E-state index contributed by atoms with van der Waals surface area (Å²) in [5.74, 6) is -1.99. The van der Waals surface area contributed by atoms with Crippen molar-refractivity contribution < 1.29 is 42.9 Å². The minimum Gasteiger partial charge on any atom is -0.477 e. The number of hydrogen-bond donors (Lipinski definition) is 1. The van der Waals surface area contributed by atoms with E-state index in [9.17, 15) is 19.5 Å². The highest BCUT2D eigenvalue weighted by Gasteiger charge is 2.25. The molecule has 0 heterocycles. The Morgan fingerprint density at radius 2 is 0.671 bits per heavy atom. The predicted octanol–water partition coefficient (Wildman–Crippen LogP) is 20.1. The maximum absolute atomic E-state index is 12.8. The molecule has 2 atom stereocenters. The SMILES string of the molecule is CCCCCCC/C=C\CCCCCCCC(=O)OC(COC(=O)CCCCCCCCCCCCCCCCCCCCCCCCCCCCCCCCCCCCCCC)COC(OCC[N+](C)(C)C)C(=O)O. The first-order chi connectivity index (χ1) is 37.1. The van der Waals surface area contributed by atoms with Crippen LogP contribution in [0, 0.1) is 0 Å². The average Bonchev–Trinajstić information content (AvgIpc) is 3.39. The van der Waals surface area contributed by atoms with Gasteiger partial charge in [0.05, 0.1) is 34.4 Å². The van der Waals surface area contributed by atoms with E-state index in [2.05, 4.69) is 26.0 Å². The molecule has 0 aromatic heterocycles. The van der Waals surface area contributed by atoms with Crippen LogP contribution in [0.5, 0.6) is 0 Å². The third-order valence-corrected chi connectivity index (χ3v) is 15.3. The number of unbranched alkanes of at least 4 members (excludes halogenated alkanes) is 46. The molecule has 0 radical (unpaired) electrons. The summed E-state index contributed by atoms with van der Waals surface area (Å²) in [5, 5.41) is 9.70. The van der Waals surface area contributed by atoms with E-state index >= 15 is 0 Å². The van der Waals surface area contributed by atoms with Crippen LogP contribution in [0.1, 0.15) is 341 Å². The molecule has 0 saturated carbocycles. The fraction of sp³-hybridized carbons (Fsp3) is 0.925. The first kappa shape index (κ1) is 74.0. The molecule has 0 bridgehead atoms. The van der Waals surface area contributed by atoms with Crippen molar-refractivity contribution in [3.63, 3.8) is 0 Å². The van der Waals surface area contributed by atoms with Crippen molar-refractivity contribution in [1.29, 1.82) is 0 Å². The number of esters is 2. The van der Waals surface area contributed by atoms with Gasteiger partial charge in [0, 0.05) is 12.8 Å². The van der Waals surface area contributed by atoms with Gasteiger partial charge in [-0.25, -0.2) is 4.79 Å². The van der Waals surface area contributed by atoms with Gasteiger partial charge in [-0.15, -0.1) is 0 Å². The summed E-state index contributed by atoms with van der Waals surface area (Å²) < 4.78 is 22.9. The number of allylic oxidation sites excluding steroid dienone is 2. The van der Waals surface area contributed by atoms with Crippen LogP contribution in [-0.4, -0.2) is 87.4 Å². The number of quaternary nitrogens is 1. The van der Waals surface area contributed by atoms with Crippen LogP contribution in [0.25, 0.3) is 0 Å². The Morgan fingerprint density at radius 1 is 0.382 bits per heavy atom. The van der Waals surface area contributed by atoms with Crippen molar-refractivity contribution in [2.45, 2.75) is 354 Å². The summed E-state index contributed by atoms with van der Waals surface area (Å²) >= 11 is 0. The zero-order valence-electron chi connectivity index (χ0n) is 51.5. The topological polar surface area (TPSA) is 108 Å². The number of ether oxygens (including phenoxy) is 4. The van der Waals surface area contributed by atoms with Gasteiger partial charge in [-0.3, -0.25) is 9.59 Å². The minimum atomic E-state index is -1.51. The Bertz CT molecular complexity index is 1250. The second-order valence-corrected chi connectivity index (χ2v) is 24.1. The quantitative estimate of drug-likeness (QED) is 0.0211. The maximum Gasteiger partial charge on any atom is 0.361 e. The fourth-order valence-corrected chi connectivity index (χ4v) is 10.1. The van der Waals surface area contributed by atoms with E-state index in [1.165, 1.54) is 257 Å². The smallest absolute Gasteiger partial charge is 0.361 e. The second-order valence-electron chi connectivity index (χ2n) is 24.1. The zero-order valence-corrected chi connectivity index (χ0v) is 51.5. The summed E-state index contributed by atoms with van der Waals surface area (Å²) in [6.07, 6.45) is 67.8. The number of likely N-dealkylation sites (N-methyl/N-ethyl adjacent to an activating group) is 1. The van der Waals surface area contributed by atoms with Crippen LogP contribution in [0.4, 0.5) is 0 Å². The summed E-state index contributed by atoms with van der Waals surface area (Å²) in [4.78, 5) is 37.4. The van der Waals surface area contributed by atoms with Gasteiger partial charge < -0.3 is 28.5 Å². The average molecular weight is 1080 g/mol. The van der Waals surface area contributed by atoms with Crippen LogP contribution < -0.4 is 0 Å². The lowest BCUT2D eigenvalue weighted by Crippen LogP contribution is -2.40. The van der Waals surface area contributed by atoms with Crippen molar-refractivity contribution in [1.82, 2.24) is 0 Å². The molecule has 76 heavy (non-hydrogen) atoms. The van der Waals surface area contributed by atoms with E-state index in [-0.39, 0.29) is 32.2 Å². The maximum atomic E-state index is 12.8. The monoisotopic (exact) mass is 1080 g/mol. The Hall–Kier alpha value is -1.97. The van der Waals surface area contributed by atoms with Gasteiger partial charge in [0.1, 0.15) is 13.2 Å². The highest BCUT2D eigenvalue weighted by atomic mass is 16.7. The molecule has 0 aliphatic rings. The Morgan fingerprint density at radius 3 is 0.974 bits per heavy atom. The van der Waals surface area contributed by atoms with Gasteiger partial charge in [-0.05, 0) is 38.5 Å². The van der Waals surface area contributed by atoms with Crippen LogP contribution in [-0.2, 0) is 33.3 Å². The first-order valence-corrected chi connectivity index (χ1v) is 33.4. The molecule has 0 aromatic carbocycles. The third kappa shape index (κ3) is 59.7. The molecule has 0 spiro atoms. The van der Waals surface area contributed by atoms with Crippen molar-refractivity contribution >= 4 is 17.9 Å². The van der Waals surface area contributed by atoms with E-state index in [0.717, 1.165) is 51.4 Å². The molecule has 0 aliphatic heterocycles. The standard InChI is InChI=1S/C67H129NO8/c1-6-8-10-12-14-16-18-20-22-23-24-25-26-27-28-29-30-31-32-33-34-35-36-37-38-39-40-41-42-43-44-46-47-49-51-53-55-57-64(69)74-61-63(62-75-67(66(71)72)73-60-59-68(3,4)5)76-65(70)58-56-54-52-50-48-45-21-19-17-15-13-11-9-7-2/h19,21,63,67H,6-18,20,22-62H2,1-5H3/p+1/b21-19-. The lowest BCUT2D eigenvalue weighted by molar-refractivity contribution is -0.870. The van der Waals surface area contributed by atoms with E-state index in [1.807, 2.05) is 21.1 Å². The lowest BCUT2D eigenvalue weighted by Gasteiger charge is -2.25. The van der Waals surface area contributed by atoms with Crippen molar-refractivity contribution in [2.24, 2.45) is 0 Å².